The van der Waals surface area contributed by atoms with Crippen molar-refractivity contribution in [2.24, 2.45) is 0 Å². The summed E-state index contributed by atoms with van der Waals surface area (Å²) < 4.78 is 7.68. The van der Waals surface area contributed by atoms with Crippen molar-refractivity contribution in [3.05, 3.63) is 103 Å². The van der Waals surface area contributed by atoms with Crippen LogP contribution < -0.4 is 20.6 Å². The quantitative estimate of drug-likeness (QED) is 0.231. The highest BCUT2D eigenvalue weighted by molar-refractivity contribution is 7.25. The van der Waals surface area contributed by atoms with Gasteiger partial charge in [-0.2, -0.15) is 0 Å². The molecule has 1 N–H and O–H groups in total. The van der Waals surface area contributed by atoms with Gasteiger partial charge in [-0.15, -0.1) is 11.3 Å². The van der Waals surface area contributed by atoms with E-state index in [0.29, 0.717) is 0 Å². The number of H-pyrrole nitrogens is 1. The zero-order valence-electron chi connectivity index (χ0n) is 20.7. The average molecular weight is 504 g/mol. The Labute approximate surface area is 224 Å². The highest BCUT2D eigenvalue weighted by Crippen LogP contribution is 2.51. The fourth-order valence-electron chi connectivity index (χ4n) is 6.51. The lowest BCUT2D eigenvalue weighted by Crippen LogP contribution is -2.42. The molecular formula is C33H21BN2OS. The molecule has 2 aromatic heterocycles. The molecule has 5 aromatic carbocycles. The first-order chi connectivity index (χ1) is 18.7. The minimum absolute atomic E-state index is 0.866. The molecule has 5 heteroatoms. The van der Waals surface area contributed by atoms with Crippen LogP contribution in [0.15, 0.2) is 97.1 Å². The molecule has 0 aliphatic carbocycles. The molecule has 2 aliphatic heterocycles. The molecule has 0 atom stereocenters. The van der Waals surface area contributed by atoms with E-state index in [2.05, 4.69) is 108 Å². The number of para-hydroxylation sites is 4. The van der Waals surface area contributed by atoms with E-state index in [1.54, 1.807) is 0 Å². The lowest BCUT2D eigenvalue weighted by Gasteiger charge is -2.39. The van der Waals surface area contributed by atoms with Gasteiger partial charge in [0.25, 0.3) is 0 Å². The molecule has 4 heterocycles. The van der Waals surface area contributed by atoms with Crippen molar-refractivity contribution in [1.29, 1.82) is 0 Å². The summed E-state index contributed by atoms with van der Waals surface area (Å²) in [6, 6.07) is 35.0. The lowest BCUT2D eigenvalue weighted by molar-refractivity contribution is 0.477. The fraction of sp³-hybridized carbons (Fsp3) is 0.0303. The minimum Gasteiger partial charge on any atom is -0.453 e. The molecule has 0 saturated carbocycles. The molecule has 0 spiro atoms. The van der Waals surface area contributed by atoms with Crippen LogP contribution in [0.3, 0.4) is 0 Å². The number of aromatic amines is 1. The second kappa shape index (κ2) is 7.30. The zero-order chi connectivity index (χ0) is 25.0. The molecule has 0 amide bonds. The number of anilines is 3. The van der Waals surface area contributed by atoms with E-state index in [1.807, 2.05) is 17.4 Å². The second-order valence-electron chi connectivity index (χ2n) is 10.3. The normalized spacial score (nSPS) is 13.2. The fourth-order valence-corrected chi connectivity index (χ4v) is 7.63. The van der Waals surface area contributed by atoms with Crippen molar-refractivity contribution in [3.63, 3.8) is 0 Å². The number of ether oxygens (including phenoxy) is 1. The average Bonchev–Trinajstić information content (AvgIpc) is 3.49. The molecule has 0 radical (unpaired) electrons. The first-order valence-electron chi connectivity index (χ1n) is 13.0. The van der Waals surface area contributed by atoms with Gasteiger partial charge in [-0.3, -0.25) is 0 Å². The predicted octanol–water partition coefficient (Wildman–Crippen LogP) is 7.79. The number of thiophene rings is 1. The standard InChI is InChI=1S/C33H21BN2OS/c1-18-16-22(19-9-6-10-21-29-20-8-2-5-15-28(20)38-33(29)35-31(19)21)30-25(17-18)36-24-12-3-4-13-26(24)37-27-14-7-11-23(34-30)32(27)36/h2-17,34-35H,1H3. The van der Waals surface area contributed by atoms with E-state index in [1.165, 1.54) is 70.2 Å². The summed E-state index contributed by atoms with van der Waals surface area (Å²) in [5, 5.41) is 3.95. The van der Waals surface area contributed by atoms with Crippen molar-refractivity contribution in [1.82, 2.24) is 4.98 Å². The molecule has 178 valence electrons. The minimum atomic E-state index is 0.866. The van der Waals surface area contributed by atoms with Gasteiger partial charge in [-0.25, -0.2) is 0 Å². The van der Waals surface area contributed by atoms with Crippen LogP contribution in [0.5, 0.6) is 11.5 Å². The Morgan fingerprint density at radius 2 is 1.58 bits per heavy atom. The van der Waals surface area contributed by atoms with Crippen LogP contribution in [0.4, 0.5) is 17.1 Å². The van der Waals surface area contributed by atoms with Crippen molar-refractivity contribution in [2.45, 2.75) is 6.92 Å². The van der Waals surface area contributed by atoms with Crippen LogP contribution in [0.1, 0.15) is 5.56 Å². The maximum absolute atomic E-state index is 6.36. The Balaban J connectivity index is 1.34. The topological polar surface area (TPSA) is 28.3 Å². The number of benzene rings is 5. The summed E-state index contributed by atoms with van der Waals surface area (Å²) >= 11 is 1.84. The van der Waals surface area contributed by atoms with E-state index in [9.17, 15) is 0 Å². The van der Waals surface area contributed by atoms with E-state index in [-0.39, 0.29) is 0 Å². The first-order valence-corrected chi connectivity index (χ1v) is 13.8. The Morgan fingerprint density at radius 3 is 2.55 bits per heavy atom. The van der Waals surface area contributed by atoms with Crippen LogP contribution in [0, 0.1) is 6.92 Å². The van der Waals surface area contributed by atoms with E-state index in [0.717, 1.165) is 24.5 Å². The number of aryl methyl sites for hydroxylation is 1. The summed E-state index contributed by atoms with van der Waals surface area (Å²) in [5.41, 5.74) is 11.2. The van der Waals surface area contributed by atoms with Crippen LogP contribution in [0.2, 0.25) is 0 Å². The van der Waals surface area contributed by atoms with Gasteiger partial charge in [0.1, 0.15) is 4.83 Å². The third-order valence-corrected chi connectivity index (χ3v) is 9.16. The second-order valence-corrected chi connectivity index (χ2v) is 11.4. The number of hydrogen-bond donors (Lipinski definition) is 1. The summed E-state index contributed by atoms with van der Waals surface area (Å²) in [7, 11) is 0.866. The lowest BCUT2D eigenvalue weighted by atomic mass is 9.58. The number of nitrogens with one attached hydrogen (secondary N) is 1. The Morgan fingerprint density at radius 1 is 0.763 bits per heavy atom. The van der Waals surface area contributed by atoms with Crippen LogP contribution in [-0.2, 0) is 0 Å². The molecule has 9 rings (SSSR count). The molecule has 3 nitrogen and oxygen atoms in total. The summed E-state index contributed by atoms with van der Waals surface area (Å²) in [6.45, 7) is 2.21. The first kappa shape index (κ1) is 20.6. The predicted molar refractivity (Wildman–Crippen MR) is 163 cm³/mol. The monoisotopic (exact) mass is 504 g/mol. The van der Waals surface area contributed by atoms with Gasteiger partial charge in [0.2, 0.25) is 0 Å². The molecule has 0 saturated heterocycles. The number of rotatable bonds is 1. The van der Waals surface area contributed by atoms with Crippen molar-refractivity contribution in [2.75, 3.05) is 4.90 Å². The van der Waals surface area contributed by atoms with Gasteiger partial charge < -0.3 is 14.6 Å². The maximum atomic E-state index is 6.36. The van der Waals surface area contributed by atoms with Gasteiger partial charge in [0, 0.05) is 32.1 Å². The number of nitrogens with zero attached hydrogens (tertiary/aromatic N) is 1. The van der Waals surface area contributed by atoms with Gasteiger partial charge in [0.15, 0.2) is 18.8 Å². The van der Waals surface area contributed by atoms with E-state index in [4.69, 9.17) is 4.74 Å². The summed E-state index contributed by atoms with van der Waals surface area (Å²) in [6.07, 6.45) is 0. The third kappa shape index (κ3) is 2.64. The molecule has 0 fully saturated rings. The Bertz CT molecular complexity index is 2120. The summed E-state index contributed by atoms with van der Waals surface area (Å²) in [4.78, 5) is 7.49. The smallest absolute Gasteiger partial charge is 0.198 e. The highest BCUT2D eigenvalue weighted by atomic mass is 32.1. The molecule has 7 aromatic rings. The number of aromatic nitrogens is 1. The molecular weight excluding hydrogens is 483 g/mol. The highest BCUT2D eigenvalue weighted by Gasteiger charge is 2.34. The molecule has 2 aliphatic rings. The Kier molecular flexibility index (Phi) is 3.95. The van der Waals surface area contributed by atoms with E-state index < -0.39 is 0 Å². The number of fused-ring (bicyclic) bond motifs is 9. The molecule has 0 unspecified atom stereocenters. The van der Waals surface area contributed by atoms with Gasteiger partial charge in [-0.1, -0.05) is 72.2 Å². The van der Waals surface area contributed by atoms with Gasteiger partial charge in [0.05, 0.1) is 16.9 Å². The SMILES string of the molecule is Cc1cc(-c2cccc3c2[nH]c2sc4ccccc4c23)c2c(c1)N1c3ccccc3Oc3cccc(c31)B2. The van der Waals surface area contributed by atoms with Crippen molar-refractivity contribution >= 4 is 77.8 Å². The third-order valence-electron chi connectivity index (χ3n) is 8.07. The van der Waals surface area contributed by atoms with Gasteiger partial charge >= 0.3 is 0 Å². The molecule has 38 heavy (non-hydrogen) atoms. The van der Waals surface area contributed by atoms with Crippen molar-refractivity contribution < 1.29 is 4.74 Å². The Hall–Kier alpha value is -4.48. The van der Waals surface area contributed by atoms with Gasteiger partial charge in [-0.05, 0) is 53.8 Å². The molecule has 0 bridgehead atoms. The maximum Gasteiger partial charge on any atom is 0.198 e. The van der Waals surface area contributed by atoms with Crippen LogP contribution in [0.25, 0.3) is 42.3 Å². The van der Waals surface area contributed by atoms with Crippen molar-refractivity contribution in [3.8, 4) is 22.6 Å². The zero-order valence-corrected chi connectivity index (χ0v) is 21.5. The number of hydrogen-bond acceptors (Lipinski definition) is 3. The van der Waals surface area contributed by atoms with E-state index >= 15 is 0 Å². The summed E-state index contributed by atoms with van der Waals surface area (Å²) in [5.74, 6) is 1.82. The van der Waals surface area contributed by atoms with Crippen LogP contribution >= 0.6 is 11.3 Å². The largest absolute Gasteiger partial charge is 0.453 e. The van der Waals surface area contributed by atoms with Crippen LogP contribution in [-0.4, -0.2) is 12.3 Å².